The lowest BCUT2D eigenvalue weighted by Gasteiger charge is -2.53. The smallest absolute Gasteiger partial charge is 0.416 e. The van der Waals surface area contributed by atoms with E-state index >= 15 is 0 Å². The molecule has 15 nitrogen and oxygen atoms in total. The molecular formula is C80H131B4F12N11O4. The van der Waals surface area contributed by atoms with Crippen LogP contribution in [0.5, 0.6) is 0 Å². The van der Waals surface area contributed by atoms with Crippen LogP contribution in [0.25, 0.3) is 0 Å². The maximum Gasteiger partial charge on any atom is 0.416 e. The highest BCUT2D eigenvalue weighted by Gasteiger charge is 2.46. The number of piperidine rings is 1. The average Bonchev–Trinajstić information content (AvgIpc) is 0.827. The Morgan fingerprint density at radius 2 is 0.757 bits per heavy atom. The van der Waals surface area contributed by atoms with Gasteiger partial charge in [0.05, 0.1) is 34.4 Å². The Hall–Kier alpha value is -5.50. The topological polar surface area (TPSA) is 158 Å². The molecule has 4 aromatic carbocycles. The molecule has 0 spiro atoms. The first-order valence-electron chi connectivity index (χ1n) is 37.3. The van der Waals surface area contributed by atoms with E-state index in [1.54, 1.807) is 50.8 Å². The highest BCUT2D eigenvalue weighted by molar-refractivity contribution is 6.46. The van der Waals surface area contributed by atoms with Crippen LogP contribution >= 0.6 is 0 Å². The lowest BCUT2D eigenvalue weighted by atomic mass is 9.78. The van der Waals surface area contributed by atoms with Crippen LogP contribution in [0.4, 0.5) is 52.7 Å². The van der Waals surface area contributed by atoms with Crippen LogP contribution in [-0.4, -0.2) is 213 Å². The van der Waals surface area contributed by atoms with Gasteiger partial charge in [-0.3, -0.25) is 24.5 Å². The lowest BCUT2D eigenvalue weighted by molar-refractivity contribution is -0.138. The van der Waals surface area contributed by atoms with Gasteiger partial charge in [-0.1, -0.05) is 132 Å². The van der Waals surface area contributed by atoms with Crippen molar-refractivity contribution in [1.29, 1.82) is 10.5 Å². The predicted molar refractivity (Wildman–Crippen MR) is 432 cm³/mol. The van der Waals surface area contributed by atoms with Crippen LogP contribution in [0.3, 0.4) is 0 Å². The van der Waals surface area contributed by atoms with Gasteiger partial charge in [-0.2, -0.15) is 63.2 Å². The van der Waals surface area contributed by atoms with Crippen LogP contribution in [0.1, 0.15) is 207 Å². The van der Waals surface area contributed by atoms with E-state index in [0.717, 1.165) is 126 Å². The predicted octanol–water partition coefficient (Wildman–Crippen LogP) is 17.9. The van der Waals surface area contributed by atoms with Gasteiger partial charge >= 0.3 is 52.9 Å². The van der Waals surface area contributed by atoms with Crippen molar-refractivity contribution < 1.29 is 72.8 Å². The summed E-state index contributed by atoms with van der Waals surface area (Å²) in [5, 5.41) is 58.5. The molecule has 5 aliphatic rings. The average molecular weight is 1580 g/mol. The lowest BCUT2D eigenvalue weighted by Crippen LogP contribution is -2.62. The van der Waals surface area contributed by atoms with Gasteiger partial charge < -0.3 is 39.3 Å². The maximum atomic E-state index is 13.0. The van der Waals surface area contributed by atoms with Crippen LogP contribution in [0.2, 0.25) is 27.3 Å². The molecule has 5 fully saturated rings. The van der Waals surface area contributed by atoms with E-state index in [-0.39, 0.29) is 79.9 Å². The third-order valence-electron chi connectivity index (χ3n) is 21.5. The van der Waals surface area contributed by atoms with Crippen LogP contribution in [0, 0.1) is 22.7 Å². The highest BCUT2D eigenvalue weighted by atomic mass is 19.4. The van der Waals surface area contributed by atoms with Crippen molar-refractivity contribution in [3.8, 4) is 12.1 Å². The fourth-order valence-corrected chi connectivity index (χ4v) is 15.3. The molecule has 4 aromatic rings. The molecule has 31 heteroatoms. The van der Waals surface area contributed by atoms with E-state index in [2.05, 4.69) is 72.8 Å². The van der Waals surface area contributed by atoms with Gasteiger partial charge in [0.25, 0.3) is 0 Å². The van der Waals surface area contributed by atoms with Crippen molar-refractivity contribution in [2.45, 2.75) is 250 Å². The zero-order chi connectivity index (χ0) is 79.5. The number of rotatable bonds is 19. The summed E-state index contributed by atoms with van der Waals surface area (Å²) >= 11 is 0. The normalized spacial score (nSPS) is 21.3. The van der Waals surface area contributed by atoms with Gasteiger partial charge in [0.2, 0.25) is 0 Å². The Morgan fingerprint density at radius 1 is 0.450 bits per heavy atom. The van der Waals surface area contributed by atoms with Crippen LogP contribution < -0.4 is 0 Å². The molecule has 0 saturated carbocycles. The summed E-state index contributed by atoms with van der Waals surface area (Å²) in [6.07, 6.45) is -9.57. The third-order valence-corrected chi connectivity index (χ3v) is 21.5. The number of nitrogens with zero attached hydrogens (tertiary/aromatic N) is 11. The van der Waals surface area contributed by atoms with E-state index in [0.29, 0.717) is 62.9 Å². The van der Waals surface area contributed by atoms with Crippen LogP contribution in [0.15, 0.2) is 110 Å². The zero-order valence-corrected chi connectivity index (χ0v) is 64.0. The minimum absolute atomic E-state index is 0. The van der Waals surface area contributed by atoms with Crippen molar-refractivity contribution in [2.75, 3.05) is 91.6 Å². The molecule has 0 bridgehead atoms. The van der Waals surface area contributed by atoms with Crippen LogP contribution in [-0.2, 0) is 30.2 Å². The summed E-state index contributed by atoms with van der Waals surface area (Å²) in [6, 6.07) is 25.6. The van der Waals surface area contributed by atoms with Gasteiger partial charge in [-0.15, -0.1) is 6.58 Å². The van der Waals surface area contributed by atoms with Crippen molar-refractivity contribution in [1.82, 2.24) is 43.7 Å². The SMILES string of the molecule is C.C.C.C.C.C=CCC(C#N)(c1ccc(C(F)(F)F)cc1)N1CCN(B(C)O)C[C@@H]1C.CB(O)N1CCN(C(C#N)c2ccc(C(F)(F)F)cc2)[C@@H](C)C1.CC.CCCC(c1ccc(C(F)(F)F)cc1)N1CCN(B(C)O)C[C@@H]1C.CCC[C@@H](c1ccc(C(F)(F)F)cc1)N1CCN(C2(C)CCN(B(C)O)CC2)C[C@@H]1C. The largest absolute Gasteiger partial charge is 0.437 e. The molecule has 8 atom stereocenters. The summed E-state index contributed by atoms with van der Waals surface area (Å²) in [6.45, 7) is 40.0. The second-order valence-electron chi connectivity index (χ2n) is 28.8. The third kappa shape index (κ3) is 28.7. The second-order valence-corrected chi connectivity index (χ2v) is 28.8. The first kappa shape index (κ1) is 105. The van der Waals surface area contributed by atoms with Gasteiger partial charge in [0, 0.05) is 127 Å². The molecule has 9 rings (SSSR count). The van der Waals surface area contributed by atoms with Crippen molar-refractivity contribution >= 4 is 28.2 Å². The number of nitriles is 2. The number of hydrogen-bond acceptors (Lipinski definition) is 15. The quantitative estimate of drug-likeness (QED) is 0.0399. The Kier molecular flexibility index (Phi) is 44.6. The molecule has 0 aliphatic carbocycles. The molecule has 5 aliphatic heterocycles. The zero-order valence-electron chi connectivity index (χ0n) is 64.0. The monoisotopic (exact) mass is 1580 g/mol. The first-order valence-corrected chi connectivity index (χ1v) is 37.3. The van der Waals surface area contributed by atoms with Gasteiger partial charge in [-0.05, 0) is 171 Å². The number of piperazine rings is 4. The summed E-state index contributed by atoms with van der Waals surface area (Å²) < 4.78 is 154. The minimum Gasteiger partial charge on any atom is -0.437 e. The van der Waals surface area contributed by atoms with E-state index in [4.69, 9.17) is 0 Å². The Morgan fingerprint density at radius 3 is 1.05 bits per heavy atom. The minimum atomic E-state index is -4.41. The molecular weight excluding hydrogens is 1450 g/mol. The summed E-state index contributed by atoms with van der Waals surface area (Å²) in [4.78, 5) is 19.4. The molecule has 0 aromatic heterocycles. The Bertz CT molecular complexity index is 3350. The van der Waals surface area contributed by atoms with Crippen molar-refractivity contribution in [3.05, 3.63) is 154 Å². The highest BCUT2D eigenvalue weighted by Crippen LogP contribution is 2.41. The van der Waals surface area contributed by atoms with E-state index in [9.17, 15) is 83.3 Å². The molecule has 0 amide bonds. The van der Waals surface area contributed by atoms with Crippen molar-refractivity contribution in [3.63, 3.8) is 0 Å². The fourth-order valence-electron chi connectivity index (χ4n) is 15.3. The van der Waals surface area contributed by atoms with E-state index < -0.39 is 79.7 Å². The maximum absolute atomic E-state index is 13.0. The molecule has 0 radical (unpaired) electrons. The van der Waals surface area contributed by atoms with E-state index in [1.807, 2.05) is 58.8 Å². The van der Waals surface area contributed by atoms with Gasteiger partial charge in [0.1, 0.15) is 11.6 Å². The summed E-state index contributed by atoms with van der Waals surface area (Å²) in [5.41, 5.74) is -0.606. The second kappa shape index (κ2) is 46.9. The molecule has 5 saturated heterocycles. The first-order chi connectivity index (χ1) is 49.7. The van der Waals surface area contributed by atoms with Gasteiger partial charge in [-0.25, -0.2) is 0 Å². The Balaban J connectivity index is 0.00000143. The molecule has 4 N–H and O–H groups in total. The number of hydrogen-bond donors (Lipinski definition) is 4. The summed E-state index contributed by atoms with van der Waals surface area (Å²) in [5.74, 6) is 0. The number of benzene rings is 4. The Labute approximate surface area is 660 Å². The molecule has 111 heavy (non-hydrogen) atoms. The molecule has 5 heterocycles. The number of halogens is 12. The molecule has 3 unspecified atom stereocenters. The molecule has 626 valence electrons. The van der Waals surface area contributed by atoms with Crippen molar-refractivity contribution in [2.24, 2.45) is 0 Å². The summed E-state index contributed by atoms with van der Waals surface area (Å²) in [7, 11) is -1.99. The fraction of sp³-hybridized carbons (Fsp3) is 0.650. The van der Waals surface area contributed by atoms with E-state index in [1.165, 1.54) is 48.5 Å². The number of alkyl halides is 12. The van der Waals surface area contributed by atoms with Gasteiger partial charge in [0.15, 0.2) is 0 Å². The standard InChI is InChI=1S/C23H37BF3N3O.C18H23BF3N3O.C17H26BF3N2O.C15H19BF3N3O.C2H6.5CH4/c1-5-6-21(19-7-9-20(10-8-19)23(25,26)27)30-16-15-28(17-18(30)2)22(3)11-13-29(14-12-22)24(4)31;1-4-9-17(13-23,15-5-7-16(8-6-15)18(20,21)22)25-11-10-24(19(3)26)12-14(25)2;1-4-5-16(14-6-8-15(9-7-14)17(19,20)21)23-11-10-22(18(3)24)12-13(23)2;1-11-10-21(16(2)23)7-8-22(11)14(9-20)12-3-5-13(6-4-12)15(17,18)19;1-2;;;;;/h7-10,18,21,31H,5-6,11-17H2,1-4H3;4-8,14,26H,1,9-12H2,2-3H3;6-9,13,16,24H,4-5,10-12H2,1-3H3;3-6,11,14,23H,7-8,10H2,1-2H3;1-2H3;5*1H4/t18-,21-;14-,17?;13-,16?;11-,14?;;;;;;/m0000....../s1.